The third kappa shape index (κ3) is 3.57. The average Bonchev–Trinajstić information content (AvgIpc) is 2.46. The molecule has 0 saturated carbocycles. The minimum absolute atomic E-state index is 0.675. The molecular weight excluding hydrogens is 222 g/mol. The van der Waals surface area contributed by atoms with Crippen LogP contribution in [0.2, 0.25) is 0 Å². The lowest BCUT2D eigenvalue weighted by Gasteiger charge is -2.30. The molecule has 0 bridgehead atoms. The molecule has 1 aromatic rings. The van der Waals surface area contributed by atoms with Crippen LogP contribution >= 0.6 is 0 Å². The summed E-state index contributed by atoms with van der Waals surface area (Å²) in [5.74, 6) is 1.38. The topological polar surface area (TPSA) is 41.6 Å². The Kier molecular flexibility index (Phi) is 4.76. The van der Waals surface area contributed by atoms with Crippen molar-refractivity contribution in [3.8, 4) is 0 Å². The van der Waals surface area contributed by atoms with Crippen molar-refractivity contribution in [1.82, 2.24) is 4.90 Å². The van der Waals surface area contributed by atoms with Gasteiger partial charge >= 0.3 is 0 Å². The number of nitrogens with zero attached hydrogens (tertiary/aromatic N) is 2. The summed E-state index contributed by atoms with van der Waals surface area (Å²) in [7, 11) is 0. The summed E-state index contributed by atoms with van der Waals surface area (Å²) in [6.07, 6.45) is 2.50. The molecule has 0 aromatic heterocycles. The fourth-order valence-corrected chi connectivity index (χ4v) is 2.41. The zero-order valence-corrected chi connectivity index (χ0v) is 11.2. The summed E-state index contributed by atoms with van der Waals surface area (Å²) in [6.45, 7) is 6.69. The van der Waals surface area contributed by atoms with Gasteiger partial charge < -0.3 is 10.6 Å². The van der Waals surface area contributed by atoms with Crippen molar-refractivity contribution >= 4 is 5.84 Å². The van der Waals surface area contributed by atoms with Gasteiger partial charge in [-0.25, -0.2) is 0 Å². The van der Waals surface area contributed by atoms with E-state index in [1.165, 1.54) is 32.5 Å². The number of nitrogens with two attached hydrogens (primary N) is 1. The van der Waals surface area contributed by atoms with E-state index < -0.39 is 0 Å². The SMILES string of the molecule is CCN1CCC(CN=C(N)c2ccccc2)CC1. The molecule has 3 heteroatoms. The number of rotatable bonds is 4. The van der Waals surface area contributed by atoms with Gasteiger partial charge in [-0.2, -0.15) is 0 Å². The molecule has 0 radical (unpaired) electrons. The number of likely N-dealkylation sites (tertiary alicyclic amines) is 1. The average molecular weight is 245 g/mol. The fourth-order valence-electron chi connectivity index (χ4n) is 2.41. The first-order valence-corrected chi connectivity index (χ1v) is 6.87. The van der Waals surface area contributed by atoms with Crippen molar-refractivity contribution in [3.63, 3.8) is 0 Å². The normalized spacial score (nSPS) is 19.1. The number of piperidine rings is 1. The molecule has 3 nitrogen and oxygen atoms in total. The van der Waals surface area contributed by atoms with Crippen LogP contribution in [0.15, 0.2) is 35.3 Å². The summed E-state index contributed by atoms with van der Waals surface area (Å²) in [5.41, 5.74) is 7.04. The number of hydrogen-bond acceptors (Lipinski definition) is 2. The van der Waals surface area contributed by atoms with Gasteiger partial charge in [0.2, 0.25) is 0 Å². The molecular formula is C15H23N3. The van der Waals surface area contributed by atoms with E-state index in [4.69, 9.17) is 5.73 Å². The maximum atomic E-state index is 6.01. The van der Waals surface area contributed by atoms with Gasteiger partial charge in [-0.1, -0.05) is 37.3 Å². The van der Waals surface area contributed by atoms with Crippen LogP contribution in [0, 0.1) is 5.92 Å². The van der Waals surface area contributed by atoms with Gasteiger partial charge in [-0.15, -0.1) is 0 Å². The van der Waals surface area contributed by atoms with Crippen LogP contribution in [0.5, 0.6) is 0 Å². The first kappa shape index (κ1) is 13.1. The summed E-state index contributed by atoms with van der Waals surface area (Å²) < 4.78 is 0. The molecule has 1 fully saturated rings. The molecule has 2 N–H and O–H groups in total. The van der Waals surface area contributed by atoms with Gasteiger partial charge in [0.25, 0.3) is 0 Å². The monoisotopic (exact) mass is 245 g/mol. The van der Waals surface area contributed by atoms with E-state index in [-0.39, 0.29) is 0 Å². The zero-order chi connectivity index (χ0) is 12.8. The van der Waals surface area contributed by atoms with Crippen molar-refractivity contribution in [2.24, 2.45) is 16.6 Å². The van der Waals surface area contributed by atoms with Crippen molar-refractivity contribution in [2.75, 3.05) is 26.2 Å². The first-order chi connectivity index (χ1) is 8.79. The maximum absolute atomic E-state index is 6.01. The van der Waals surface area contributed by atoms with Gasteiger partial charge in [0, 0.05) is 12.1 Å². The maximum Gasteiger partial charge on any atom is 0.125 e. The standard InChI is InChI=1S/C15H23N3/c1-2-18-10-8-13(9-11-18)12-17-15(16)14-6-4-3-5-7-14/h3-7,13H,2,8-12H2,1H3,(H2,16,17). The van der Waals surface area contributed by atoms with Crippen molar-refractivity contribution in [1.29, 1.82) is 0 Å². The minimum atomic E-state index is 0.675. The summed E-state index contributed by atoms with van der Waals surface area (Å²) >= 11 is 0. The summed E-state index contributed by atoms with van der Waals surface area (Å²) in [6, 6.07) is 10.0. The van der Waals surface area contributed by atoms with Crippen LogP contribution in [0.4, 0.5) is 0 Å². The molecule has 0 spiro atoms. The fraction of sp³-hybridized carbons (Fsp3) is 0.533. The third-order valence-electron chi connectivity index (χ3n) is 3.74. The van der Waals surface area contributed by atoms with E-state index in [1.54, 1.807) is 0 Å². The summed E-state index contributed by atoms with van der Waals surface area (Å²) in [5, 5.41) is 0. The largest absolute Gasteiger partial charge is 0.384 e. The second-order valence-corrected chi connectivity index (χ2v) is 4.97. The molecule has 0 atom stereocenters. The van der Waals surface area contributed by atoms with Crippen LogP contribution in [-0.2, 0) is 0 Å². The Morgan fingerprint density at radius 2 is 1.94 bits per heavy atom. The summed E-state index contributed by atoms with van der Waals surface area (Å²) in [4.78, 5) is 7.05. The third-order valence-corrected chi connectivity index (χ3v) is 3.74. The van der Waals surface area contributed by atoms with Crippen molar-refractivity contribution in [3.05, 3.63) is 35.9 Å². The molecule has 0 aliphatic carbocycles. The number of aliphatic imine (C=N–C) groups is 1. The van der Waals surface area contributed by atoms with E-state index in [2.05, 4.69) is 16.8 Å². The van der Waals surface area contributed by atoms with Gasteiger partial charge in [0.1, 0.15) is 5.84 Å². The van der Waals surface area contributed by atoms with Gasteiger partial charge in [-0.05, 0) is 38.4 Å². The Balaban J connectivity index is 1.84. The molecule has 1 aliphatic rings. The quantitative estimate of drug-likeness (QED) is 0.652. The zero-order valence-electron chi connectivity index (χ0n) is 11.2. The molecule has 0 unspecified atom stereocenters. The molecule has 2 rings (SSSR count). The van der Waals surface area contributed by atoms with E-state index in [0.29, 0.717) is 11.8 Å². The van der Waals surface area contributed by atoms with Crippen LogP contribution < -0.4 is 5.73 Å². The predicted molar refractivity (Wildman–Crippen MR) is 76.9 cm³/mol. The second kappa shape index (κ2) is 6.55. The lowest BCUT2D eigenvalue weighted by Crippen LogP contribution is -2.34. The van der Waals surface area contributed by atoms with Crippen LogP contribution in [0.25, 0.3) is 0 Å². The number of benzene rings is 1. The van der Waals surface area contributed by atoms with Gasteiger partial charge in [-0.3, -0.25) is 4.99 Å². The number of hydrogen-bond donors (Lipinski definition) is 1. The minimum Gasteiger partial charge on any atom is -0.384 e. The highest BCUT2D eigenvalue weighted by atomic mass is 15.1. The Bertz CT molecular complexity index is 378. The molecule has 1 heterocycles. The second-order valence-electron chi connectivity index (χ2n) is 4.97. The Morgan fingerprint density at radius 1 is 1.28 bits per heavy atom. The Morgan fingerprint density at radius 3 is 2.56 bits per heavy atom. The molecule has 18 heavy (non-hydrogen) atoms. The Hall–Kier alpha value is -1.35. The molecule has 1 aromatic carbocycles. The van der Waals surface area contributed by atoms with E-state index >= 15 is 0 Å². The van der Waals surface area contributed by atoms with Crippen molar-refractivity contribution in [2.45, 2.75) is 19.8 Å². The lowest BCUT2D eigenvalue weighted by atomic mass is 9.97. The van der Waals surface area contributed by atoms with Crippen LogP contribution in [0.1, 0.15) is 25.3 Å². The molecule has 98 valence electrons. The number of amidine groups is 1. The molecule has 0 amide bonds. The highest BCUT2D eigenvalue weighted by molar-refractivity contribution is 5.97. The van der Waals surface area contributed by atoms with Crippen molar-refractivity contribution < 1.29 is 0 Å². The first-order valence-electron chi connectivity index (χ1n) is 6.87. The lowest BCUT2D eigenvalue weighted by molar-refractivity contribution is 0.196. The molecule has 1 saturated heterocycles. The molecule has 1 aliphatic heterocycles. The predicted octanol–water partition coefficient (Wildman–Crippen LogP) is 2.12. The van der Waals surface area contributed by atoms with E-state index in [1.807, 2.05) is 30.3 Å². The highest BCUT2D eigenvalue weighted by Gasteiger charge is 2.17. The smallest absolute Gasteiger partial charge is 0.125 e. The van der Waals surface area contributed by atoms with E-state index in [0.717, 1.165) is 12.1 Å². The van der Waals surface area contributed by atoms with Crippen LogP contribution in [0.3, 0.4) is 0 Å². The van der Waals surface area contributed by atoms with Gasteiger partial charge in [0.15, 0.2) is 0 Å². The van der Waals surface area contributed by atoms with E-state index in [9.17, 15) is 0 Å². The van der Waals surface area contributed by atoms with Crippen LogP contribution in [-0.4, -0.2) is 36.9 Å². The Labute approximate surface area is 110 Å². The highest BCUT2D eigenvalue weighted by Crippen LogP contribution is 2.17. The van der Waals surface area contributed by atoms with Gasteiger partial charge in [0.05, 0.1) is 0 Å².